The number of aryl methyl sites for hydroxylation is 3. The van der Waals surface area contributed by atoms with Crippen molar-refractivity contribution in [1.29, 1.82) is 0 Å². The molecule has 2 heterocycles. The number of benzene rings is 1. The summed E-state index contributed by atoms with van der Waals surface area (Å²) in [5, 5.41) is 20.7. The second-order valence-corrected chi connectivity index (χ2v) is 9.17. The Bertz CT molecular complexity index is 1030. The maximum absolute atomic E-state index is 12.5. The lowest BCUT2D eigenvalue weighted by Gasteiger charge is -2.13. The topological polar surface area (TPSA) is 94.8 Å². The number of thioether (sulfide) groups is 1. The van der Waals surface area contributed by atoms with E-state index in [1.165, 1.54) is 23.1 Å². The van der Waals surface area contributed by atoms with E-state index in [0.717, 1.165) is 21.9 Å². The number of carbonyl (C=O) groups excluding carboxylic acids is 1. The van der Waals surface area contributed by atoms with E-state index in [9.17, 15) is 4.79 Å². The molecule has 0 saturated carbocycles. The van der Waals surface area contributed by atoms with Crippen LogP contribution in [0.5, 0.6) is 5.75 Å². The maximum atomic E-state index is 12.5. The van der Waals surface area contributed by atoms with Crippen molar-refractivity contribution in [2.45, 2.75) is 51.3 Å². The van der Waals surface area contributed by atoms with E-state index in [4.69, 9.17) is 4.74 Å². The molecule has 10 heteroatoms. The van der Waals surface area contributed by atoms with Crippen LogP contribution in [0.1, 0.15) is 28.9 Å². The number of ether oxygens (including phenoxy) is 1. The Kier molecular flexibility index (Phi) is 7.22. The number of para-hydroxylation sites is 1. The fourth-order valence-electron chi connectivity index (χ4n) is 2.75. The lowest BCUT2D eigenvalue weighted by atomic mass is 10.1. The summed E-state index contributed by atoms with van der Waals surface area (Å²) in [5.41, 5.74) is 2.13. The summed E-state index contributed by atoms with van der Waals surface area (Å²) in [5.74, 6) is 1.35. The Morgan fingerprint density at radius 2 is 2.00 bits per heavy atom. The third kappa shape index (κ3) is 5.25. The molecule has 3 rings (SSSR count). The van der Waals surface area contributed by atoms with Crippen molar-refractivity contribution in [3.8, 4) is 5.75 Å². The molecule has 8 nitrogen and oxygen atoms in total. The molecule has 1 atom stereocenters. The molecule has 30 heavy (non-hydrogen) atoms. The number of nitrogens with zero attached hydrogens (tertiary/aromatic N) is 5. The summed E-state index contributed by atoms with van der Waals surface area (Å²) in [4.78, 5) is 12.5. The normalized spacial score (nSPS) is 11.9. The van der Waals surface area contributed by atoms with Crippen molar-refractivity contribution in [2.24, 2.45) is 0 Å². The Hall–Kier alpha value is -2.72. The van der Waals surface area contributed by atoms with Crippen LogP contribution in [0.15, 0.2) is 36.0 Å². The quantitative estimate of drug-likeness (QED) is 0.394. The molecule has 0 aliphatic rings. The number of amides is 1. The van der Waals surface area contributed by atoms with Gasteiger partial charge in [-0.2, -0.15) is 0 Å². The van der Waals surface area contributed by atoms with Gasteiger partial charge < -0.3 is 4.74 Å². The fourth-order valence-corrected chi connectivity index (χ4v) is 4.23. The Morgan fingerprint density at radius 3 is 2.63 bits per heavy atom. The molecule has 0 spiro atoms. The largest absolute Gasteiger partial charge is 0.485 e. The number of carbonyl (C=O) groups is 1. The van der Waals surface area contributed by atoms with E-state index < -0.39 is 5.25 Å². The lowest BCUT2D eigenvalue weighted by molar-refractivity contribution is -0.115. The minimum atomic E-state index is -0.394. The van der Waals surface area contributed by atoms with Crippen molar-refractivity contribution in [1.82, 2.24) is 25.0 Å². The number of nitrogens with one attached hydrogen (secondary N) is 1. The van der Waals surface area contributed by atoms with Crippen molar-refractivity contribution in [3.63, 3.8) is 0 Å². The highest BCUT2D eigenvalue weighted by molar-refractivity contribution is 8.00. The average molecular weight is 445 g/mol. The highest BCUT2D eigenvalue weighted by Crippen LogP contribution is 2.26. The standard InChI is InChI=1S/C20H24N6O2S2/c1-6-10-26-16(11-28-17-12(2)8-7-9-13(17)3)23-25-20(26)29-14(4)18(27)21-19-24-22-15(5)30-19/h6-9,14H,1,10-11H2,2-5H3,(H,21,24,27)/t14-/m0/s1. The Labute approximate surface area is 183 Å². The van der Waals surface area contributed by atoms with Crippen LogP contribution in [0.2, 0.25) is 0 Å². The summed E-state index contributed by atoms with van der Waals surface area (Å²) in [6.45, 7) is 12.3. The monoisotopic (exact) mass is 444 g/mol. The van der Waals surface area contributed by atoms with Gasteiger partial charge in [-0.1, -0.05) is 47.4 Å². The van der Waals surface area contributed by atoms with E-state index >= 15 is 0 Å². The van der Waals surface area contributed by atoms with Gasteiger partial charge in [0.1, 0.15) is 17.4 Å². The SMILES string of the molecule is C=CCn1c(COc2c(C)cccc2C)nnc1S[C@@H](C)C(=O)Nc1nnc(C)s1. The smallest absolute Gasteiger partial charge is 0.239 e. The van der Waals surface area contributed by atoms with E-state index in [1.807, 2.05) is 50.5 Å². The van der Waals surface area contributed by atoms with E-state index in [-0.39, 0.29) is 12.5 Å². The van der Waals surface area contributed by atoms with Gasteiger partial charge >= 0.3 is 0 Å². The Balaban J connectivity index is 1.70. The van der Waals surface area contributed by atoms with Gasteiger partial charge in [0.05, 0.1) is 5.25 Å². The molecule has 1 amide bonds. The third-order valence-corrected chi connectivity index (χ3v) is 6.10. The van der Waals surface area contributed by atoms with Gasteiger partial charge in [-0.3, -0.25) is 14.7 Å². The minimum Gasteiger partial charge on any atom is -0.485 e. The van der Waals surface area contributed by atoms with Gasteiger partial charge in [0.15, 0.2) is 11.0 Å². The highest BCUT2D eigenvalue weighted by Gasteiger charge is 2.21. The van der Waals surface area contributed by atoms with Crippen molar-refractivity contribution < 1.29 is 9.53 Å². The highest BCUT2D eigenvalue weighted by atomic mass is 32.2. The van der Waals surface area contributed by atoms with Gasteiger partial charge in [0.25, 0.3) is 0 Å². The summed E-state index contributed by atoms with van der Waals surface area (Å²) in [7, 11) is 0. The zero-order valence-electron chi connectivity index (χ0n) is 17.4. The van der Waals surface area contributed by atoms with E-state index in [1.54, 1.807) is 6.08 Å². The molecule has 0 aliphatic heterocycles. The minimum absolute atomic E-state index is 0.169. The second kappa shape index (κ2) is 9.86. The van der Waals surface area contributed by atoms with Crippen molar-refractivity contribution in [3.05, 3.63) is 52.8 Å². The Morgan fingerprint density at radius 1 is 1.27 bits per heavy atom. The van der Waals surface area contributed by atoms with Gasteiger partial charge in [0.2, 0.25) is 11.0 Å². The number of hydrogen-bond donors (Lipinski definition) is 1. The van der Waals surface area contributed by atoms with Gasteiger partial charge in [0, 0.05) is 6.54 Å². The van der Waals surface area contributed by atoms with Crippen molar-refractivity contribution >= 4 is 34.1 Å². The molecule has 1 aromatic carbocycles. The van der Waals surface area contributed by atoms with Crippen LogP contribution in [0.3, 0.4) is 0 Å². The summed E-state index contributed by atoms with van der Waals surface area (Å²) in [6, 6.07) is 6.03. The first-order valence-electron chi connectivity index (χ1n) is 9.38. The van der Waals surface area contributed by atoms with Gasteiger partial charge in [-0.15, -0.1) is 27.0 Å². The molecule has 0 saturated heterocycles. The summed E-state index contributed by atoms with van der Waals surface area (Å²) in [6.07, 6.45) is 1.77. The molecular weight excluding hydrogens is 420 g/mol. The molecule has 0 radical (unpaired) electrons. The predicted octanol–water partition coefficient (Wildman–Crippen LogP) is 3.94. The summed E-state index contributed by atoms with van der Waals surface area (Å²) >= 11 is 2.66. The number of allylic oxidation sites excluding steroid dienone is 1. The zero-order chi connectivity index (χ0) is 21.7. The van der Waals surface area contributed by atoms with Crippen LogP contribution in [0.4, 0.5) is 5.13 Å². The van der Waals surface area contributed by atoms with Crippen molar-refractivity contribution in [2.75, 3.05) is 5.32 Å². The first-order valence-corrected chi connectivity index (χ1v) is 11.1. The van der Waals surface area contributed by atoms with Crippen LogP contribution in [0.25, 0.3) is 0 Å². The number of aromatic nitrogens is 5. The van der Waals surface area contributed by atoms with Crippen LogP contribution < -0.4 is 10.1 Å². The first-order chi connectivity index (χ1) is 14.4. The first kappa shape index (κ1) is 22.0. The predicted molar refractivity (Wildman–Crippen MR) is 119 cm³/mol. The maximum Gasteiger partial charge on any atom is 0.239 e. The number of hydrogen-bond acceptors (Lipinski definition) is 8. The number of rotatable bonds is 9. The third-order valence-electron chi connectivity index (χ3n) is 4.27. The molecule has 0 unspecified atom stereocenters. The molecule has 1 N–H and O–H groups in total. The fraction of sp³-hybridized carbons (Fsp3) is 0.350. The van der Waals surface area contributed by atoms with E-state index in [2.05, 4.69) is 32.3 Å². The lowest BCUT2D eigenvalue weighted by Crippen LogP contribution is -2.23. The molecule has 0 bridgehead atoms. The van der Waals surface area contributed by atoms with Crippen LogP contribution >= 0.6 is 23.1 Å². The average Bonchev–Trinajstić information content (AvgIpc) is 3.28. The number of anilines is 1. The van der Waals surface area contributed by atoms with E-state index in [0.29, 0.717) is 22.7 Å². The molecule has 0 aliphatic carbocycles. The molecule has 3 aromatic rings. The van der Waals surface area contributed by atoms with Gasteiger partial charge in [-0.25, -0.2) is 0 Å². The second-order valence-electron chi connectivity index (χ2n) is 6.68. The summed E-state index contributed by atoms with van der Waals surface area (Å²) < 4.78 is 7.93. The van der Waals surface area contributed by atoms with Gasteiger partial charge in [-0.05, 0) is 38.8 Å². The van der Waals surface area contributed by atoms with Crippen LogP contribution in [-0.2, 0) is 17.9 Å². The van der Waals surface area contributed by atoms with Crippen LogP contribution in [0, 0.1) is 20.8 Å². The van der Waals surface area contributed by atoms with Crippen LogP contribution in [-0.4, -0.2) is 36.1 Å². The molecule has 158 valence electrons. The molecule has 2 aromatic heterocycles. The molecular formula is C20H24N6O2S2. The zero-order valence-corrected chi connectivity index (χ0v) is 19.0. The molecule has 0 fully saturated rings.